The lowest BCUT2D eigenvalue weighted by Gasteiger charge is -2.03. The zero-order valence-electron chi connectivity index (χ0n) is 8.38. The fourth-order valence-electron chi connectivity index (χ4n) is 1.29. The Kier molecular flexibility index (Phi) is 3.16. The lowest BCUT2D eigenvalue weighted by molar-refractivity contribution is -0.136. The molecule has 4 nitrogen and oxygen atoms in total. The van der Waals surface area contributed by atoms with Gasteiger partial charge in [-0.15, -0.1) is 11.3 Å². The summed E-state index contributed by atoms with van der Waals surface area (Å²) in [4.78, 5) is 14.6. The van der Waals surface area contributed by atoms with Gasteiger partial charge in [-0.2, -0.15) is 0 Å². The molecule has 0 saturated heterocycles. The summed E-state index contributed by atoms with van der Waals surface area (Å²) in [6.07, 6.45) is 1.78. The Bertz CT molecular complexity index is 465. The Labute approximate surface area is 96.6 Å². The van der Waals surface area contributed by atoms with Crippen LogP contribution >= 0.6 is 11.3 Å². The molecule has 1 aromatic heterocycles. The minimum atomic E-state index is -0.819. The molecule has 0 saturated carbocycles. The van der Waals surface area contributed by atoms with Gasteiger partial charge in [-0.05, 0) is 17.7 Å². The van der Waals surface area contributed by atoms with E-state index in [-0.39, 0.29) is 6.42 Å². The number of carboxylic acid groups (broad SMARTS) is 1. The summed E-state index contributed by atoms with van der Waals surface area (Å²) in [7, 11) is 0. The van der Waals surface area contributed by atoms with E-state index in [4.69, 9.17) is 5.11 Å². The van der Waals surface area contributed by atoms with E-state index >= 15 is 0 Å². The SMILES string of the molecule is O=C(O)Cc1ccc(Nc2nccs2)cc1. The van der Waals surface area contributed by atoms with Gasteiger partial charge in [0.2, 0.25) is 0 Å². The Morgan fingerprint density at radius 1 is 1.38 bits per heavy atom. The molecule has 0 bridgehead atoms. The fourth-order valence-corrected chi connectivity index (χ4v) is 1.84. The minimum absolute atomic E-state index is 0.0531. The first-order valence-corrected chi connectivity index (χ1v) is 5.59. The number of nitrogens with zero attached hydrogens (tertiary/aromatic N) is 1. The number of anilines is 2. The number of aromatic nitrogens is 1. The van der Waals surface area contributed by atoms with Crippen LogP contribution in [-0.2, 0) is 11.2 Å². The van der Waals surface area contributed by atoms with Gasteiger partial charge in [0.1, 0.15) is 0 Å². The zero-order valence-corrected chi connectivity index (χ0v) is 9.20. The van der Waals surface area contributed by atoms with Crippen molar-refractivity contribution >= 4 is 28.1 Å². The highest BCUT2D eigenvalue weighted by molar-refractivity contribution is 7.13. The monoisotopic (exact) mass is 234 g/mol. The van der Waals surface area contributed by atoms with E-state index in [2.05, 4.69) is 10.3 Å². The largest absolute Gasteiger partial charge is 0.481 e. The first kappa shape index (κ1) is 10.6. The van der Waals surface area contributed by atoms with E-state index < -0.39 is 5.97 Å². The van der Waals surface area contributed by atoms with Crippen LogP contribution in [0.2, 0.25) is 0 Å². The number of nitrogens with one attached hydrogen (secondary N) is 1. The van der Waals surface area contributed by atoms with Crippen molar-refractivity contribution in [2.24, 2.45) is 0 Å². The Hall–Kier alpha value is -1.88. The van der Waals surface area contributed by atoms with Crippen molar-refractivity contribution in [1.29, 1.82) is 0 Å². The van der Waals surface area contributed by atoms with Crippen molar-refractivity contribution in [2.75, 3.05) is 5.32 Å². The summed E-state index contributed by atoms with van der Waals surface area (Å²) in [6, 6.07) is 7.29. The second-order valence-electron chi connectivity index (χ2n) is 3.23. The van der Waals surface area contributed by atoms with E-state index in [1.165, 1.54) is 11.3 Å². The molecule has 1 aromatic carbocycles. The molecule has 0 fully saturated rings. The average molecular weight is 234 g/mol. The lowest BCUT2D eigenvalue weighted by atomic mass is 10.1. The Morgan fingerprint density at radius 2 is 2.12 bits per heavy atom. The van der Waals surface area contributed by atoms with E-state index in [1.54, 1.807) is 18.3 Å². The van der Waals surface area contributed by atoms with Gasteiger partial charge >= 0.3 is 5.97 Å². The van der Waals surface area contributed by atoms with Crippen LogP contribution in [0.5, 0.6) is 0 Å². The van der Waals surface area contributed by atoms with Crippen LogP contribution in [0, 0.1) is 0 Å². The number of carboxylic acids is 1. The molecule has 0 atom stereocenters. The molecule has 0 spiro atoms. The molecule has 2 aromatic rings. The normalized spacial score (nSPS) is 10.0. The lowest BCUT2D eigenvalue weighted by Crippen LogP contribution is -1.99. The minimum Gasteiger partial charge on any atom is -0.481 e. The number of aliphatic carboxylic acids is 1. The molecule has 16 heavy (non-hydrogen) atoms. The number of hydrogen-bond donors (Lipinski definition) is 2. The summed E-state index contributed by atoms with van der Waals surface area (Å²) in [5.41, 5.74) is 1.70. The molecular weight excluding hydrogens is 224 g/mol. The maximum absolute atomic E-state index is 10.5. The van der Waals surface area contributed by atoms with E-state index in [1.807, 2.05) is 17.5 Å². The van der Waals surface area contributed by atoms with Crippen LogP contribution in [0.3, 0.4) is 0 Å². The van der Waals surface area contributed by atoms with Gasteiger partial charge in [-0.25, -0.2) is 4.98 Å². The highest BCUT2D eigenvalue weighted by Gasteiger charge is 2.01. The standard InChI is InChI=1S/C11H10N2O2S/c14-10(15)7-8-1-3-9(4-2-8)13-11-12-5-6-16-11/h1-6H,7H2,(H,12,13)(H,14,15). The molecule has 0 unspecified atom stereocenters. The van der Waals surface area contributed by atoms with Crippen LogP contribution in [0.1, 0.15) is 5.56 Å². The molecule has 82 valence electrons. The molecule has 5 heteroatoms. The zero-order chi connectivity index (χ0) is 11.4. The van der Waals surface area contributed by atoms with E-state index in [0.29, 0.717) is 0 Å². The molecule has 0 radical (unpaired) electrons. The third kappa shape index (κ3) is 2.80. The molecule has 0 aliphatic rings. The van der Waals surface area contributed by atoms with Crippen LogP contribution in [0.25, 0.3) is 0 Å². The second kappa shape index (κ2) is 4.76. The number of carbonyl (C=O) groups is 1. The Morgan fingerprint density at radius 3 is 2.69 bits per heavy atom. The molecule has 0 amide bonds. The molecule has 2 rings (SSSR count). The van der Waals surface area contributed by atoms with Gasteiger partial charge in [0.15, 0.2) is 5.13 Å². The van der Waals surface area contributed by atoms with Gasteiger partial charge in [0.25, 0.3) is 0 Å². The van der Waals surface area contributed by atoms with E-state index in [9.17, 15) is 4.79 Å². The van der Waals surface area contributed by atoms with Crippen molar-refractivity contribution < 1.29 is 9.90 Å². The van der Waals surface area contributed by atoms with Crippen molar-refractivity contribution in [3.8, 4) is 0 Å². The predicted octanol–water partition coefficient (Wildman–Crippen LogP) is 2.51. The van der Waals surface area contributed by atoms with Crippen molar-refractivity contribution in [2.45, 2.75) is 6.42 Å². The van der Waals surface area contributed by atoms with Gasteiger partial charge < -0.3 is 10.4 Å². The maximum Gasteiger partial charge on any atom is 0.307 e. The van der Waals surface area contributed by atoms with Crippen molar-refractivity contribution in [3.05, 3.63) is 41.4 Å². The topological polar surface area (TPSA) is 62.2 Å². The summed E-state index contributed by atoms with van der Waals surface area (Å²) in [5, 5.41) is 14.5. The summed E-state index contributed by atoms with van der Waals surface area (Å²) in [6.45, 7) is 0. The fraction of sp³-hybridized carbons (Fsp3) is 0.0909. The molecule has 0 aliphatic heterocycles. The Balaban J connectivity index is 2.05. The number of thiazole rings is 1. The van der Waals surface area contributed by atoms with Crippen molar-refractivity contribution in [1.82, 2.24) is 4.98 Å². The third-order valence-corrected chi connectivity index (χ3v) is 2.68. The summed E-state index contributed by atoms with van der Waals surface area (Å²) < 4.78 is 0. The third-order valence-electron chi connectivity index (χ3n) is 1.99. The summed E-state index contributed by atoms with van der Waals surface area (Å²) in [5.74, 6) is -0.819. The van der Waals surface area contributed by atoms with Crippen LogP contribution in [0.4, 0.5) is 10.8 Å². The second-order valence-corrected chi connectivity index (χ2v) is 4.12. The highest BCUT2D eigenvalue weighted by atomic mass is 32.1. The maximum atomic E-state index is 10.5. The van der Waals surface area contributed by atoms with Crippen molar-refractivity contribution in [3.63, 3.8) is 0 Å². The highest BCUT2D eigenvalue weighted by Crippen LogP contribution is 2.18. The van der Waals surface area contributed by atoms with Gasteiger partial charge in [0.05, 0.1) is 6.42 Å². The number of rotatable bonds is 4. The molecular formula is C11H10N2O2S. The molecule has 0 aliphatic carbocycles. The summed E-state index contributed by atoms with van der Waals surface area (Å²) >= 11 is 1.52. The van der Waals surface area contributed by atoms with Gasteiger partial charge in [-0.3, -0.25) is 4.79 Å². The molecule has 2 N–H and O–H groups in total. The van der Waals surface area contributed by atoms with E-state index in [0.717, 1.165) is 16.4 Å². The smallest absolute Gasteiger partial charge is 0.307 e. The number of benzene rings is 1. The van der Waals surface area contributed by atoms with Crippen LogP contribution < -0.4 is 5.32 Å². The van der Waals surface area contributed by atoms with Gasteiger partial charge in [-0.1, -0.05) is 12.1 Å². The van der Waals surface area contributed by atoms with Gasteiger partial charge in [0, 0.05) is 17.3 Å². The quantitative estimate of drug-likeness (QED) is 0.853. The van der Waals surface area contributed by atoms with Crippen LogP contribution in [0.15, 0.2) is 35.8 Å². The first-order chi connectivity index (χ1) is 7.74. The predicted molar refractivity (Wildman–Crippen MR) is 63.2 cm³/mol. The first-order valence-electron chi connectivity index (χ1n) is 4.71. The number of hydrogen-bond acceptors (Lipinski definition) is 4. The van der Waals surface area contributed by atoms with Crippen LogP contribution in [-0.4, -0.2) is 16.1 Å². The average Bonchev–Trinajstić information content (AvgIpc) is 2.73. The molecule has 1 heterocycles.